The highest BCUT2D eigenvalue weighted by Crippen LogP contribution is 2.42. The monoisotopic (exact) mass is 186 g/mol. The average molecular weight is 186 g/mol. The highest BCUT2D eigenvalue weighted by Gasteiger charge is 2.40. The first-order valence-corrected chi connectivity index (χ1v) is 5.28. The molecular weight excluding hydrogens is 164 g/mol. The summed E-state index contributed by atoms with van der Waals surface area (Å²) in [5.41, 5.74) is 0.0899. The smallest absolute Gasteiger partial charge is 0.0917 e. The molecule has 0 spiro atoms. The molecule has 0 radical (unpaired) electrons. The maximum absolute atomic E-state index is 9.38. The van der Waals surface area contributed by atoms with Crippen LogP contribution in [-0.4, -0.2) is 23.9 Å². The van der Waals surface area contributed by atoms with Gasteiger partial charge in [-0.05, 0) is 38.0 Å². The zero-order valence-electron chi connectivity index (χ0n) is 9.10. The molecule has 1 unspecified atom stereocenters. The summed E-state index contributed by atoms with van der Waals surface area (Å²) >= 11 is 0. The Morgan fingerprint density at radius 1 is 1.31 bits per heavy atom. The van der Waals surface area contributed by atoms with E-state index in [-0.39, 0.29) is 12.2 Å². The maximum Gasteiger partial charge on any atom is 0.0917 e. The average Bonchev–Trinajstić information content (AvgIpc) is 2.03. The van der Waals surface area contributed by atoms with Crippen molar-refractivity contribution in [3.63, 3.8) is 0 Å². The molecule has 13 heavy (non-hydrogen) atoms. The first-order valence-electron chi connectivity index (χ1n) is 5.28. The molecule has 1 fully saturated rings. The molecule has 1 N–H and O–H groups in total. The molecule has 1 aliphatic carbocycles. The summed E-state index contributed by atoms with van der Waals surface area (Å²) in [5.74, 6) is 0. The number of ether oxygens (including phenoxy) is 1. The molecule has 1 atom stereocenters. The summed E-state index contributed by atoms with van der Waals surface area (Å²) < 4.78 is 5.71. The van der Waals surface area contributed by atoms with Crippen LogP contribution in [0.2, 0.25) is 0 Å². The summed E-state index contributed by atoms with van der Waals surface area (Å²) in [6.45, 7) is 7.39. The SMILES string of the molecule is CCOC1(CO)CCCC(C)(C)C1. The Labute approximate surface area is 81.3 Å². The molecule has 0 heterocycles. The van der Waals surface area contributed by atoms with Crippen LogP contribution in [0, 0.1) is 5.41 Å². The summed E-state index contributed by atoms with van der Waals surface area (Å²) in [6, 6.07) is 0. The van der Waals surface area contributed by atoms with Crippen LogP contribution in [0.1, 0.15) is 46.5 Å². The van der Waals surface area contributed by atoms with E-state index in [0.29, 0.717) is 12.0 Å². The van der Waals surface area contributed by atoms with Gasteiger partial charge in [0.1, 0.15) is 0 Å². The van der Waals surface area contributed by atoms with Crippen molar-refractivity contribution in [3.8, 4) is 0 Å². The minimum Gasteiger partial charge on any atom is -0.393 e. The molecular formula is C11H22O2. The Balaban J connectivity index is 2.64. The number of hydrogen-bond donors (Lipinski definition) is 1. The van der Waals surface area contributed by atoms with Gasteiger partial charge < -0.3 is 9.84 Å². The summed E-state index contributed by atoms with van der Waals surface area (Å²) in [6.07, 6.45) is 4.43. The van der Waals surface area contributed by atoms with Gasteiger partial charge in [-0.1, -0.05) is 13.8 Å². The van der Waals surface area contributed by atoms with E-state index in [0.717, 1.165) is 12.8 Å². The van der Waals surface area contributed by atoms with E-state index in [2.05, 4.69) is 13.8 Å². The van der Waals surface area contributed by atoms with Gasteiger partial charge in [0.2, 0.25) is 0 Å². The zero-order valence-corrected chi connectivity index (χ0v) is 9.10. The summed E-state index contributed by atoms with van der Waals surface area (Å²) in [4.78, 5) is 0. The minimum absolute atomic E-state index is 0.171. The molecule has 1 saturated carbocycles. The van der Waals surface area contributed by atoms with E-state index < -0.39 is 0 Å². The van der Waals surface area contributed by atoms with Crippen molar-refractivity contribution in [2.45, 2.75) is 52.1 Å². The third-order valence-corrected chi connectivity index (χ3v) is 3.03. The fraction of sp³-hybridized carbons (Fsp3) is 1.00. The molecule has 0 aromatic rings. The van der Waals surface area contributed by atoms with Crippen molar-refractivity contribution >= 4 is 0 Å². The standard InChI is InChI=1S/C11H22O2/c1-4-13-11(9-12)7-5-6-10(2,3)8-11/h12H,4-9H2,1-3H3. The van der Waals surface area contributed by atoms with Crippen LogP contribution < -0.4 is 0 Å². The van der Waals surface area contributed by atoms with E-state index in [4.69, 9.17) is 4.74 Å². The number of hydrogen-bond acceptors (Lipinski definition) is 2. The Bertz CT molecular complexity index is 161. The van der Waals surface area contributed by atoms with Gasteiger partial charge in [-0.2, -0.15) is 0 Å². The van der Waals surface area contributed by atoms with Crippen molar-refractivity contribution in [1.82, 2.24) is 0 Å². The van der Waals surface area contributed by atoms with Gasteiger partial charge >= 0.3 is 0 Å². The molecule has 0 aromatic heterocycles. The predicted octanol–water partition coefficient (Wildman–Crippen LogP) is 2.35. The molecule has 2 heteroatoms. The molecule has 0 aromatic carbocycles. The fourth-order valence-corrected chi connectivity index (χ4v) is 2.55. The Kier molecular flexibility index (Phi) is 3.36. The number of aliphatic hydroxyl groups excluding tert-OH is 1. The van der Waals surface area contributed by atoms with Crippen molar-refractivity contribution in [2.75, 3.05) is 13.2 Å². The van der Waals surface area contributed by atoms with Gasteiger partial charge in [-0.25, -0.2) is 0 Å². The Morgan fingerprint density at radius 3 is 2.46 bits per heavy atom. The lowest BCUT2D eigenvalue weighted by Gasteiger charge is -2.43. The van der Waals surface area contributed by atoms with Gasteiger partial charge in [-0.3, -0.25) is 0 Å². The topological polar surface area (TPSA) is 29.5 Å². The first-order chi connectivity index (χ1) is 6.04. The number of aliphatic hydroxyl groups is 1. The van der Waals surface area contributed by atoms with Crippen LogP contribution in [0.15, 0.2) is 0 Å². The van der Waals surface area contributed by atoms with Crippen LogP contribution in [0.5, 0.6) is 0 Å². The maximum atomic E-state index is 9.38. The van der Waals surface area contributed by atoms with Gasteiger partial charge in [0.25, 0.3) is 0 Å². The highest BCUT2D eigenvalue weighted by atomic mass is 16.5. The van der Waals surface area contributed by atoms with Crippen LogP contribution >= 0.6 is 0 Å². The second-order valence-corrected chi connectivity index (χ2v) is 4.97. The fourth-order valence-electron chi connectivity index (χ4n) is 2.55. The summed E-state index contributed by atoms with van der Waals surface area (Å²) in [7, 11) is 0. The van der Waals surface area contributed by atoms with E-state index in [9.17, 15) is 5.11 Å². The zero-order chi connectivity index (χ0) is 9.95. The number of rotatable bonds is 3. The second kappa shape index (κ2) is 3.97. The molecule has 0 aliphatic heterocycles. The minimum atomic E-state index is -0.240. The third kappa shape index (κ3) is 2.68. The van der Waals surface area contributed by atoms with Gasteiger partial charge in [-0.15, -0.1) is 0 Å². The molecule has 78 valence electrons. The van der Waals surface area contributed by atoms with E-state index in [1.807, 2.05) is 6.92 Å². The van der Waals surface area contributed by atoms with Gasteiger partial charge in [0, 0.05) is 6.61 Å². The molecule has 1 rings (SSSR count). The van der Waals surface area contributed by atoms with Crippen LogP contribution in [0.25, 0.3) is 0 Å². The normalized spacial score (nSPS) is 33.2. The largest absolute Gasteiger partial charge is 0.393 e. The molecule has 0 saturated heterocycles. The lowest BCUT2D eigenvalue weighted by atomic mass is 9.70. The van der Waals surface area contributed by atoms with Crippen molar-refractivity contribution in [1.29, 1.82) is 0 Å². The highest BCUT2D eigenvalue weighted by molar-refractivity contribution is 4.91. The van der Waals surface area contributed by atoms with E-state index >= 15 is 0 Å². The molecule has 2 nitrogen and oxygen atoms in total. The lowest BCUT2D eigenvalue weighted by molar-refractivity contribution is -0.120. The van der Waals surface area contributed by atoms with Crippen LogP contribution in [0.3, 0.4) is 0 Å². The lowest BCUT2D eigenvalue weighted by Crippen LogP contribution is -2.44. The molecule has 0 bridgehead atoms. The second-order valence-electron chi connectivity index (χ2n) is 4.97. The van der Waals surface area contributed by atoms with Gasteiger partial charge in [0.15, 0.2) is 0 Å². The molecule has 0 amide bonds. The van der Waals surface area contributed by atoms with E-state index in [1.54, 1.807) is 0 Å². The summed E-state index contributed by atoms with van der Waals surface area (Å²) in [5, 5.41) is 9.38. The van der Waals surface area contributed by atoms with Crippen LogP contribution in [-0.2, 0) is 4.74 Å². The molecule has 1 aliphatic rings. The van der Waals surface area contributed by atoms with Crippen LogP contribution in [0.4, 0.5) is 0 Å². The first kappa shape index (κ1) is 11.0. The van der Waals surface area contributed by atoms with Crippen molar-refractivity contribution < 1.29 is 9.84 Å². The van der Waals surface area contributed by atoms with Crippen molar-refractivity contribution in [2.24, 2.45) is 5.41 Å². The van der Waals surface area contributed by atoms with Gasteiger partial charge in [0.05, 0.1) is 12.2 Å². The quantitative estimate of drug-likeness (QED) is 0.733. The van der Waals surface area contributed by atoms with E-state index in [1.165, 1.54) is 12.8 Å². The Hall–Kier alpha value is -0.0800. The third-order valence-electron chi connectivity index (χ3n) is 3.03. The Morgan fingerprint density at radius 2 is 2.00 bits per heavy atom. The van der Waals surface area contributed by atoms with Crippen molar-refractivity contribution in [3.05, 3.63) is 0 Å². The predicted molar refractivity (Wildman–Crippen MR) is 53.7 cm³/mol.